The molecular weight excluding hydrogens is 226 g/mol. The van der Waals surface area contributed by atoms with E-state index < -0.39 is 0 Å². The van der Waals surface area contributed by atoms with Crippen LogP contribution in [0.15, 0.2) is 42.5 Å². The highest BCUT2D eigenvalue weighted by Crippen LogP contribution is 2.27. The van der Waals surface area contributed by atoms with Crippen LogP contribution < -0.4 is 4.74 Å². The Hall–Kier alpha value is -2.03. The fourth-order valence-corrected chi connectivity index (χ4v) is 2.35. The predicted molar refractivity (Wildman–Crippen MR) is 70.6 cm³/mol. The van der Waals surface area contributed by atoms with Gasteiger partial charge in [0.2, 0.25) is 0 Å². The van der Waals surface area contributed by atoms with Gasteiger partial charge in [-0.2, -0.15) is 0 Å². The first kappa shape index (κ1) is 11.1. The number of ether oxygens (including phenoxy) is 1. The molecule has 0 bridgehead atoms. The van der Waals surface area contributed by atoms with Crippen LogP contribution in [-0.2, 0) is 4.79 Å². The van der Waals surface area contributed by atoms with Gasteiger partial charge in [-0.1, -0.05) is 36.4 Å². The molecule has 3 nitrogen and oxygen atoms in total. The third-order valence-corrected chi connectivity index (χ3v) is 3.40. The van der Waals surface area contributed by atoms with Crippen LogP contribution in [-0.4, -0.2) is 30.5 Å². The molecule has 1 aliphatic heterocycles. The topological polar surface area (TPSA) is 29.5 Å². The summed E-state index contributed by atoms with van der Waals surface area (Å²) in [7, 11) is 1.81. The summed E-state index contributed by atoms with van der Waals surface area (Å²) in [5.41, 5.74) is 0. The summed E-state index contributed by atoms with van der Waals surface area (Å²) in [6.45, 7) is 0.772. The smallest absolute Gasteiger partial charge is 0.263 e. The number of carbonyl (C=O) groups excluding carboxylic acids is 1. The van der Waals surface area contributed by atoms with Crippen LogP contribution in [0.4, 0.5) is 0 Å². The molecule has 1 unspecified atom stereocenters. The minimum Gasteiger partial charge on any atom is -0.480 e. The highest BCUT2D eigenvalue weighted by molar-refractivity contribution is 5.89. The number of fused-ring (bicyclic) bond motifs is 1. The first-order valence-corrected chi connectivity index (χ1v) is 6.15. The third-order valence-electron chi connectivity index (χ3n) is 3.40. The van der Waals surface area contributed by atoms with Crippen LogP contribution in [0.25, 0.3) is 10.8 Å². The van der Waals surface area contributed by atoms with E-state index in [2.05, 4.69) is 0 Å². The molecule has 1 saturated heterocycles. The number of benzene rings is 2. The Morgan fingerprint density at radius 1 is 1.17 bits per heavy atom. The summed E-state index contributed by atoms with van der Waals surface area (Å²) in [6, 6.07) is 14.0. The Morgan fingerprint density at radius 2 is 1.94 bits per heavy atom. The molecule has 2 aromatic carbocycles. The van der Waals surface area contributed by atoms with Crippen molar-refractivity contribution in [1.29, 1.82) is 0 Å². The number of carbonyl (C=O) groups is 1. The number of rotatable bonds is 2. The second-order valence-corrected chi connectivity index (χ2v) is 4.63. The highest BCUT2D eigenvalue weighted by atomic mass is 16.5. The fourth-order valence-electron chi connectivity index (χ4n) is 2.35. The lowest BCUT2D eigenvalue weighted by Crippen LogP contribution is -2.29. The van der Waals surface area contributed by atoms with Crippen molar-refractivity contribution >= 4 is 16.7 Å². The number of hydrogen-bond donors (Lipinski definition) is 0. The van der Waals surface area contributed by atoms with E-state index >= 15 is 0 Å². The first-order chi connectivity index (χ1) is 8.75. The molecule has 1 fully saturated rings. The summed E-state index contributed by atoms with van der Waals surface area (Å²) < 4.78 is 5.88. The molecule has 1 amide bonds. The van der Waals surface area contributed by atoms with E-state index in [0.717, 1.165) is 29.5 Å². The van der Waals surface area contributed by atoms with Crippen molar-refractivity contribution in [2.75, 3.05) is 13.6 Å². The van der Waals surface area contributed by atoms with Crippen molar-refractivity contribution in [1.82, 2.24) is 4.90 Å². The lowest BCUT2D eigenvalue weighted by atomic mass is 10.1. The van der Waals surface area contributed by atoms with Crippen molar-refractivity contribution < 1.29 is 9.53 Å². The largest absolute Gasteiger partial charge is 0.480 e. The quantitative estimate of drug-likeness (QED) is 0.808. The normalized spacial score (nSPS) is 19.5. The van der Waals surface area contributed by atoms with Crippen molar-refractivity contribution in [2.45, 2.75) is 12.5 Å². The number of likely N-dealkylation sites (tertiary alicyclic amines) is 1. The Labute approximate surface area is 106 Å². The molecule has 2 aromatic rings. The van der Waals surface area contributed by atoms with Crippen molar-refractivity contribution in [3.8, 4) is 5.75 Å². The van der Waals surface area contributed by atoms with Crippen LogP contribution in [0.2, 0.25) is 0 Å². The van der Waals surface area contributed by atoms with Crippen LogP contribution in [0.5, 0.6) is 5.75 Å². The summed E-state index contributed by atoms with van der Waals surface area (Å²) in [5.74, 6) is 0.865. The monoisotopic (exact) mass is 241 g/mol. The van der Waals surface area contributed by atoms with Gasteiger partial charge in [-0.05, 0) is 11.5 Å². The Kier molecular flexibility index (Phi) is 2.67. The zero-order valence-electron chi connectivity index (χ0n) is 10.3. The molecule has 18 heavy (non-hydrogen) atoms. The maximum absolute atomic E-state index is 11.8. The fraction of sp³-hybridized carbons (Fsp3) is 0.267. The molecule has 1 heterocycles. The van der Waals surface area contributed by atoms with Crippen molar-refractivity contribution in [3.05, 3.63) is 42.5 Å². The van der Waals surface area contributed by atoms with Gasteiger partial charge < -0.3 is 9.64 Å². The molecule has 3 heteroatoms. The first-order valence-electron chi connectivity index (χ1n) is 6.15. The number of likely N-dealkylation sites (N-methyl/N-ethyl adjacent to an activating group) is 1. The summed E-state index contributed by atoms with van der Waals surface area (Å²) >= 11 is 0. The number of nitrogens with zero attached hydrogens (tertiary/aromatic N) is 1. The maximum atomic E-state index is 11.8. The Bertz CT molecular complexity index is 589. The van der Waals surface area contributed by atoms with Gasteiger partial charge in [0.15, 0.2) is 6.10 Å². The summed E-state index contributed by atoms with van der Waals surface area (Å²) in [4.78, 5) is 13.6. The van der Waals surface area contributed by atoms with Gasteiger partial charge >= 0.3 is 0 Å². The molecule has 0 N–H and O–H groups in total. The zero-order valence-corrected chi connectivity index (χ0v) is 10.3. The van der Waals surface area contributed by atoms with E-state index in [4.69, 9.17) is 4.74 Å². The van der Waals surface area contributed by atoms with Gasteiger partial charge in [0.05, 0.1) is 0 Å². The molecule has 0 radical (unpaired) electrons. The molecule has 1 atom stereocenters. The lowest BCUT2D eigenvalue weighted by Gasteiger charge is -2.14. The average molecular weight is 241 g/mol. The van der Waals surface area contributed by atoms with Gasteiger partial charge in [0.25, 0.3) is 5.91 Å². The van der Waals surface area contributed by atoms with Crippen molar-refractivity contribution in [3.63, 3.8) is 0 Å². The maximum Gasteiger partial charge on any atom is 0.263 e. The molecular formula is C15H15NO2. The molecule has 0 spiro atoms. The standard InChI is InChI=1S/C15H15NO2/c1-16-10-9-14(15(16)17)18-13-8-4-6-11-5-2-3-7-12(11)13/h2-8,14H,9-10H2,1H3. The summed E-state index contributed by atoms with van der Waals surface area (Å²) in [6.07, 6.45) is 0.430. The number of hydrogen-bond acceptors (Lipinski definition) is 2. The van der Waals surface area contributed by atoms with Gasteiger partial charge in [0.1, 0.15) is 5.75 Å². The van der Waals surface area contributed by atoms with E-state index in [9.17, 15) is 4.79 Å². The second kappa shape index (κ2) is 4.33. The molecule has 1 aliphatic rings. The molecule has 0 saturated carbocycles. The minimum absolute atomic E-state index is 0.0722. The van der Waals surface area contributed by atoms with Crippen molar-refractivity contribution in [2.24, 2.45) is 0 Å². The van der Waals surface area contributed by atoms with Crippen LogP contribution in [0, 0.1) is 0 Å². The van der Waals surface area contributed by atoms with Gasteiger partial charge in [0, 0.05) is 25.4 Å². The average Bonchev–Trinajstić information content (AvgIpc) is 2.71. The second-order valence-electron chi connectivity index (χ2n) is 4.63. The van der Waals surface area contributed by atoms with E-state index in [1.54, 1.807) is 4.90 Å². The predicted octanol–water partition coefficient (Wildman–Crippen LogP) is 2.45. The molecule has 0 aliphatic carbocycles. The molecule has 0 aromatic heterocycles. The van der Waals surface area contributed by atoms with Crippen LogP contribution >= 0.6 is 0 Å². The Morgan fingerprint density at radius 3 is 2.72 bits per heavy atom. The van der Waals surface area contributed by atoms with Gasteiger partial charge in [-0.25, -0.2) is 0 Å². The minimum atomic E-state index is -0.333. The number of amides is 1. The van der Waals surface area contributed by atoms with E-state index in [1.807, 2.05) is 49.5 Å². The van der Waals surface area contributed by atoms with E-state index in [1.165, 1.54) is 0 Å². The SMILES string of the molecule is CN1CCC(Oc2cccc3ccccc23)C1=O. The van der Waals surface area contributed by atoms with Crippen LogP contribution in [0.3, 0.4) is 0 Å². The molecule has 92 valence electrons. The highest BCUT2D eigenvalue weighted by Gasteiger charge is 2.30. The zero-order chi connectivity index (χ0) is 12.5. The van der Waals surface area contributed by atoms with E-state index in [-0.39, 0.29) is 12.0 Å². The van der Waals surface area contributed by atoms with Crippen LogP contribution in [0.1, 0.15) is 6.42 Å². The van der Waals surface area contributed by atoms with E-state index in [0.29, 0.717) is 0 Å². The lowest BCUT2D eigenvalue weighted by molar-refractivity contribution is -0.132. The molecule has 3 rings (SSSR count). The van der Waals surface area contributed by atoms with Gasteiger partial charge in [-0.15, -0.1) is 0 Å². The Balaban J connectivity index is 1.93. The van der Waals surface area contributed by atoms with Gasteiger partial charge in [-0.3, -0.25) is 4.79 Å². The third kappa shape index (κ3) is 1.82. The summed E-state index contributed by atoms with van der Waals surface area (Å²) in [5, 5.41) is 2.19.